The van der Waals surface area contributed by atoms with E-state index in [1.54, 1.807) is 11.3 Å². The zero-order valence-electron chi connectivity index (χ0n) is 13.2. The fourth-order valence-electron chi connectivity index (χ4n) is 2.11. The quantitative estimate of drug-likeness (QED) is 0.812. The maximum Gasteiger partial charge on any atom is 0.237 e. The number of aromatic nitrogens is 1. The Bertz CT molecular complexity index is 592. The van der Waals surface area contributed by atoms with Crippen LogP contribution in [0.5, 0.6) is 0 Å². The van der Waals surface area contributed by atoms with Crippen molar-refractivity contribution in [2.45, 2.75) is 38.8 Å². The van der Waals surface area contributed by atoms with E-state index in [1.165, 1.54) is 0 Å². The average molecular weight is 376 g/mol. The Labute approximate surface area is 153 Å². The maximum absolute atomic E-state index is 12.2. The Kier molecular flexibility index (Phi) is 10.1. The highest BCUT2D eigenvalue weighted by Crippen LogP contribution is 2.20. The molecule has 4 nitrogen and oxygen atoms in total. The van der Waals surface area contributed by atoms with Crippen molar-refractivity contribution in [1.82, 2.24) is 10.3 Å². The molecule has 2 aromatic rings. The lowest BCUT2D eigenvalue weighted by molar-refractivity contribution is -0.123. The summed E-state index contributed by atoms with van der Waals surface area (Å²) in [5.41, 5.74) is 8.06. The largest absolute Gasteiger partial charge is 0.346 e. The summed E-state index contributed by atoms with van der Waals surface area (Å²) in [7, 11) is 0. The van der Waals surface area contributed by atoms with E-state index in [9.17, 15) is 4.79 Å². The third kappa shape index (κ3) is 6.47. The minimum absolute atomic E-state index is 0. The topological polar surface area (TPSA) is 68.0 Å². The van der Waals surface area contributed by atoms with Crippen molar-refractivity contribution >= 4 is 42.1 Å². The molecule has 0 bridgehead atoms. The van der Waals surface area contributed by atoms with Gasteiger partial charge in [0.15, 0.2) is 0 Å². The predicted molar refractivity (Wildman–Crippen MR) is 101 cm³/mol. The van der Waals surface area contributed by atoms with Crippen LogP contribution in [-0.4, -0.2) is 16.9 Å². The van der Waals surface area contributed by atoms with E-state index in [0.29, 0.717) is 6.42 Å². The molecule has 2 rings (SSSR count). The normalized spacial score (nSPS) is 12.5. The molecule has 0 spiro atoms. The van der Waals surface area contributed by atoms with Crippen molar-refractivity contribution in [1.29, 1.82) is 0 Å². The summed E-state index contributed by atoms with van der Waals surface area (Å²) in [6, 6.07) is 9.22. The van der Waals surface area contributed by atoms with Gasteiger partial charge in [-0.15, -0.1) is 36.2 Å². The summed E-state index contributed by atoms with van der Waals surface area (Å²) in [6.45, 7) is 3.99. The number of thiazole rings is 1. The number of benzene rings is 1. The number of hydrogen-bond donors (Lipinski definition) is 2. The summed E-state index contributed by atoms with van der Waals surface area (Å²) in [5.74, 6) is -0.126. The van der Waals surface area contributed by atoms with Gasteiger partial charge in [-0.25, -0.2) is 4.98 Å². The smallest absolute Gasteiger partial charge is 0.237 e. The fraction of sp³-hybridized carbons (Fsp3) is 0.375. The zero-order valence-corrected chi connectivity index (χ0v) is 15.6. The second-order valence-corrected chi connectivity index (χ2v) is 5.98. The Morgan fingerprint density at radius 2 is 1.96 bits per heavy atom. The summed E-state index contributed by atoms with van der Waals surface area (Å²) in [5, 5.41) is 5.93. The number of halogens is 2. The number of rotatable bonds is 6. The molecular weight excluding hydrogens is 353 g/mol. The lowest BCUT2D eigenvalue weighted by atomic mass is 10.1. The van der Waals surface area contributed by atoms with Crippen molar-refractivity contribution in [2.24, 2.45) is 5.73 Å². The number of carbonyl (C=O) groups is 1. The standard InChI is InChI=1S/C16H21N3OS.2ClH/c1-3-14(16-18-11(2)10-21-16)19-15(20)13(17)9-12-7-5-4-6-8-12;;/h4-8,10,13-14H,3,9,17H2,1-2H3,(H,19,20);2*1H. The maximum atomic E-state index is 12.2. The van der Waals surface area contributed by atoms with Gasteiger partial charge < -0.3 is 11.1 Å². The fourth-order valence-corrected chi connectivity index (χ4v) is 3.04. The van der Waals surface area contributed by atoms with Gasteiger partial charge in [-0.05, 0) is 25.3 Å². The molecule has 0 aliphatic rings. The Morgan fingerprint density at radius 1 is 1.30 bits per heavy atom. The van der Waals surface area contributed by atoms with E-state index in [4.69, 9.17) is 5.73 Å². The van der Waals surface area contributed by atoms with Gasteiger partial charge in [0.25, 0.3) is 0 Å². The average Bonchev–Trinajstić information content (AvgIpc) is 2.92. The van der Waals surface area contributed by atoms with Crippen LogP contribution in [0.15, 0.2) is 35.7 Å². The first kappa shape index (κ1) is 21.9. The molecule has 1 heterocycles. The number of aryl methyl sites for hydroxylation is 1. The molecule has 23 heavy (non-hydrogen) atoms. The lowest BCUT2D eigenvalue weighted by Gasteiger charge is -2.18. The van der Waals surface area contributed by atoms with Crippen LogP contribution < -0.4 is 11.1 Å². The van der Waals surface area contributed by atoms with Gasteiger partial charge in [-0.1, -0.05) is 37.3 Å². The number of nitrogens with two attached hydrogens (primary N) is 1. The van der Waals surface area contributed by atoms with Gasteiger partial charge in [0.05, 0.1) is 12.1 Å². The molecule has 2 atom stereocenters. The molecule has 0 aliphatic heterocycles. The molecule has 3 N–H and O–H groups in total. The minimum Gasteiger partial charge on any atom is -0.346 e. The highest BCUT2D eigenvalue weighted by atomic mass is 35.5. The number of nitrogens with zero attached hydrogens (tertiary/aromatic N) is 1. The number of amides is 1. The molecule has 0 radical (unpaired) electrons. The van der Waals surface area contributed by atoms with Crippen molar-refractivity contribution in [3.05, 3.63) is 52.0 Å². The van der Waals surface area contributed by atoms with Gasteiger partial charge >= 0.3 is 0 Å². The van der Waals surface area contributed by atoms with E-state index in [2.05, 4.69) is 10.3 Å². The molecule has 0 aliphatic carbocycles. The van der Waals surface area contributed by atoms with Crippen LogP contribution in [0, 0.1) is 6.92 Å². The molecule has 0 fully saturated rings. The monoisotopic (exact) mass is 375 g/mol. The third-order valence-corrected chi connectivity index (χ3v) is 4.37. The van der Waals surface area contributed by atoms with Crippen LogP contribution >= 0.6 is 36.2 Å². The first-order valence-corrected chi connectivity index (χ1v) is 8.00. The molecular formula is C16H23Cl2N3OS. The van der Waals surface area contributed by atoms with E-state index in [-0.39, 0.29) is 36.8 Å². The van der Waals surface area contributed by atoms with Crippen LogP contribution in [0.1, 0.15) is 35.7 Å². The van der Waals surface area contributed by atoms with Gasteiger partial charge in [0.2, 0.25) is 5.91 Å². The molecule has 7 heteroatoms. The van der Waals surface area contributed by atoms with Crippen molar-refractivity contribution in [2.75, 3.05) is 0 Å². The summed E-state index contributed by atoms with van der Waals surface area (Å²) in [6.07, 6.45) is 1.34. The number of carbonyl (C=O) groups excluding carboxylic acids is 1. The highest BCUT2D eigenvalue weighted by Gasteiger charge is 2.20. The van der Waals surface area contributed by atoms with E-state index >= 15 is 0 Å². The summed E-state index contributed by atoms with van der Waals surface area (Å²) < 4.78 is 0. The molecule has 0 saturated heterocycles. The van der Waals surface area contributed by atoms with Crippen molar-refractivity contribution < 1.29 is 4.79 Å². The van der Waals surface area contributed by atoms with Gasteiger partial charge in [-0.3, -0.25) is 4.79 Å². The first-order chi connectivity index (χ1) is 10.1. The Morgan fingerprint density at radius 3 is 2.48 bits per heavy atom. The van der Waals surface area contributed by atoms with Gasteiger partial charge in [0.1, 0.15) is 5.01 Å². The minimum atomic E-state index is -0.539. The molecule has 0 saturated carbocycles. The lowest BCUT2D eigenvalue weighted by Crippen LogP contribution is -2.43. The van der Waals surface area contributed by atoms with Crippen LogP contribution in [0.4, 0.5) is 0 Å². The van der Waals surface area contributed by atoms with Crippen LogP contribution in [0.2, 0.25) is 0 Å². The summed E-state index contributed by atoms with van der Waals surface area (Å²) in [4.78, 5) is 16.7. The third-order valence-electron chi connectivity index (χ3n) is 3.29. The zero-order chi connectivity index (χ0) is 15.2. The second-order valence-electron chi connectivity index (χ2n) is 5.09. The molecule has 1 aromatic heterocycles. The van der Waals surface area contributed by atoms with Gasteiger partial charge in [-0.2, -0.15) is 0 Å². The number of nitrogens with one attached hydrogen (secondary N) is 1. The predicted octanol–water partition coefficient (Wildman–Crippen LogP) is 3.43. The number of hydrogen-bond acceptors (Lipinski definition) is 4. The summed E-state index contributed by atoms with van der Waals surface area (Å²) >= 11 is 1.57. The molecule has 1 aromatic carbocycles. The molecule has 128 valence electrons. The first-order valence-electron chi connectivity index (χ1n) is 7.12. The van der Waals surface area contributed by atoms with E-state index in [0.717, 1.165) is 22.7 Å². The van der Waals surface area contributed by atoms with Crippen LogP contribution in [0.3, 0.4) is 0 Å². The van der Waals surface area contributed by atoms with E-state index in [1.807, 2.05) is 49.6 Å². The molecule has 2 unspecified atom stereocenters. The van der Waals surface area contributed by atoms with Crippen molar-refractivity contribution in [3.63, 3.8) is 0 Å². The van der Waals surface area contributed by atoms with E-state index < -0.39 is 6.04 Å². The van der Waals surface area contributed by atoms with Crippen molar-refractivity contribution in [3.8, 4) is 0 Å². The van der Waals surface area contributed by atoms with Gasteiger partial charge in [0, 0.05) is 11.1 Å². The SMILES string of the molecule is CCC(NC(=O)C(N)Cc1ccccc1)c1nc(C)cs1.Cl.Cl. The molecule has 1 amide bonds. The highest BCUT2D eigenvalue weighted by molar-refractivity contribution is 7.09. The Hall–Kier alpha value is -1.14. The second kappa shape index (κ2) is 10.6. The van der Waals surface area contributed by atoms with Crippen LogP contribution in [-0.2, 0) is 11.2 Å². The van der Waals surface area contributed by atoms with Crippen LogP contribution in [0.25, 0.3) is 0 Å². The Balaban J connectivity index is 0.00000242.